The minimum Gasteiger partial charge on any atom is -0.483 e. The maximum atomic E-state index is 11.7. The van der Waals surface area contributed by atoms with Crippen LogP contribution in [0.4, 0.5) is 5.69 Å². The largest absolute Gasteiger partial charge is 0.483 e. The van der Waals surface area contributed by atoms with Gasteiger partial charge in [0.05, 0.1) is 12.3 Å². The van der Waals surface area contributed by atoms with E-state index in [2.05, 4.69) is 6.58 Å². The van der Waals surface area contributed by atoms with E-state index in [0.717, 1.165) is 29.6 Å². The summed E-state index contributed by atoms with van der Waals surface area (Å²) in [4.78, 5) is 13.7. The molecule has 0 aliphatic carbocycles. The maximum Gasteiger partial charge on any atom is 0.338 e. The molecular formula is C17H19NO3S. The van der Waals surface area contributed by atoms with Gasteiger partial charge in [-0.15, -0.1) is 0 Å². The fraction of sp³-hybridized carbons (Fsp3) is 0.294. The van der Waals surface area contributed by atoms with E-state index in [0.29, 0.717) is 17.2 Å². The highest BCUT2D eigenvalue weighted by Gasteiger charge is 2.09. The number of anilines is 1. The summed E-state index contributed by atoms with van der Waals surface area (Å²) in [5.41, 5.74) is 1.86. The number of hydrogen-bond acceptors (Lipinski definition) is 5. The molecule has 0 radical (unpaired) electrons. The van der Waals surface area contributed by atoms with Crippen LogP contribution in [0.5, 0.6) is 0 Å². The quantitative estimate of drug-likeness (QED) is 0.353. The molecule has 1 aromatic carbocycles. The van der Waals surface area contributed by atoms with E-state index in [9.17, 15) is 4.79 Å². The zero-order chi connectivity index (χ0) is 16.1. The number of fused-ring (bicyclic) bond motifs is 1. The molecule has 5 heteroatoms. The van der Waals surface area contributed by atoms with Crippen molar-refractivity contribution in [3.8, 4) is 0 Å². The lowest BCUT2D eigenvalue weighted by molar-refractivity contribution is 0.308. The molecule has 22 heavy (non-hydrogen) atoms. The van der Waals surface area contributed by atoms with E-state index in [-0.39, 0.29) is 5.63 Å². The number of nitrogens with zero attached hydrogens (tertiary/aromatic N) is 1. The molecule has 0 fully saturated rings. The SMILES string of the molecule is C=C(C)C(=S)OCCCN(C)c1cc(=O)oc2ccccc12. The average molecular weight is 317 g/mol. The van der Waals surface area contributed by atoms with Gasteiger partial charge < -0.3 is 14.1 Å². The topological polar surface area (TPSA) is 42.7 Å². The third-order valence-corrected chi connectivity index (χ3v) is 3.73. The average Bonchev–Trinajstić information content (AvgIpc) is 2.50. The van der Waals surface area contributed by atoms with E-state index in [1.807, 2.05) is 37.1 Å². The Morgan fingerprint density at radius 2 is 2.14 bits per heavy atom. The first-order chi connectivity index (χ1) is 10.5. The van der Waals surface area contributed by atoms with Gasteiger partial charge in [-0.1, -0.05) is 18.7 Å². The molecule has 0 unspecified atom stereocenters. The van der Waals surface area contributed by atoms with Crippen LogP contribution < -0.4 is 10.5 Å². The van der Waals surface area contributed by atoms with Crippen LogP contribution in [0.1, 0.15) is 13.3 Å². The van der Waals surface area contributed by atoms with Crippen LogP contribution in [0.2, 0.25) is 0 Å². The normalized spacial score (nSPS) is 10.5. The van der Waals surface area contributed by atoms with Crippen LogP contribution in [0.25, 0.3) is 11.0 Å². The Morgan fingerprint density at radius 3 is 2.86 bits per heavy atom. The van der Waals surface area contributed by atoms with Gasteiger partial charge in [0, 0.05) is 25.0 Å². The Hall–Kier alpha value is -2.14. The van der Waals surface area contributed by atoms with Gasteiger partial charge in [-0.2, -0.15) is 0 Å². The highest BCUT2D eigenvalue weighted by atomic mass is 32.1. The zero-order valence-corrected chi connectivity index (χ0v) is 13.6. The molecule has 0 atom stereocenters. The molecule has 0 aliphatic rings. The van der Waals surface area contributed by atoms with Gasteiger partial charge in [-0.3, -0.25) is 0 Å². The van der Waals surface area contributed by atoms with Gasteiger partial charge >= 0.3 is 5.63 Å². The highest BCUT2D eigenvalue weighted by molar-refractivity contribution is 7.80. The Balaban J connectivity index is 2.04. The van der Waals surface area contributed by atoms with Crippen LogP contribution in [-0.4, -0.2) is 25.2 Å². The van der Waals surface area contributed by atoms with Crippen LogP contribution >= 0.6 is 12.2 Å². The summed E-state index contributed by atoms with van der Waals surface area (Å²) in [6.07, 6.45) is 0.790. The Kier molecular flexibility index (Phi) is 5.33. The van der Waals surface area contributed by atoms with Crippen molar-refractivity contribution >= 4 is 33.9 Å². The summed E-state index contributed by atoms with van der Waals surface area (Å²) in [6.45, 7) is 6.83. The molecule has 4 nitrogen and oxygen atoms in total. The van der Waals surface area contributed by atoms with E-state index >= 15 is 0 Å². The van der Waals surface area contributed by atoms with Crippen LogP contribution in [0.15, 0.2) is 51.7 Å². The molecule has 2 aromatic rings. The van der Waals surface area contributed by atoms with Gasteiger partial charge in [0.25, 0.3) is 0 Å². The van der Waals surface area contributed by atoms with Gasteiger partial charge in [0.2, 0.25) is 0 Å². The minimum absolute atomic E-state index is 0.347. The fourth-order valence-electron chi connectivity index (χ4n) is 2.12. The lowest BCUT2D eigenvalue weighted by Crippen LogP contribution is -2.22. The molecule has 116 valence electrons. The van der Waals surface area contributed by atoms with Gasteiger partial charge in [-0.05, 0) is 43.3 Å². The summed E-state index contributed by atoms with van der Waals surface area (Å²) in [6, 6.07) is 9.02. The van der Waals surface area contributed by atoms with Gasteiger partial charge in [0.1, 0.15) is 5.58 Å². The van der Waals surface area contributed by atoms with Crippen molar-refractivity contribution in [3.05, 3.63) is 52.9 Å². The van der Waals surface area contributed by atoms with Crippen LogP contribution in [0, 0.1) is 0 Å². The van der Waals surface area contributed by atoms with E-state index < -0.39 is 0 Å². The van der Waals surface area contributed by atoms with Crippen molar-refractivity contribution in [2.75, 3.05) is 25.1 Å². The lowest BCUT2D eigenvalue weighted by atomic mass is 10.2. The second-order valence-corrected chi connectivity index (χ2v) is 5.51. The number of hydrogen-bond donors (Lipinski definition) is 0. The Bertz CT molecular complexity index is 751. The van der Waals surface area contributed by atoms with Crippen molar-refractivity contribution in [1.29, 1.82) is 0 Å². The molecule has 1 heterocycles. The molecular weight excluding hydrogens is 298 g/mol. The maximum absolute atomic E-state index is 11.7. The summed E-state index contributed by atoms with van der Waals surface area (Å²) >= 11 is 5.04. The molecule has 0 spiro atoms. The van der Waals surface area contributed by atoms with Crippen molar-refractivity contribution < 1.29 is 9.15 Å². The van der Waals surface area contributed by atoms with Crippen LogP contribution in [-0.2, 0) is 4.74 Å². The molecule has 0 bridgehead atoms. The first-order valence-electron chi connectivity index (χ1n) is 7.05. The molecule has 0 N–H and O–H groups in total. The third-order valence-electron chi connectivity index (χ3n) is 3.26. The van der Waals surface area contributed by atoms with Gasteiger partial charge in [0.15, 0.2) is 5.05 Å². The first kappa shape index (κ1) is 16.2. The number of para-hydroxylation sites is 1. The van der Waals surface area contributed by atoms with Gasteiger partial charge in [-0.25, -0.2) is 4.79 Å². The molecule has 2 rings (SSSR count). The van der Waals surface area contributed by atoms with E-state index in [1.165, 1.54) is 6.07 Å². The molecule has 0 amide bonds. The number of rotatable bonds is 6. The minimum atomic E-state index is -0.347. The summed E-state index contributed by atoms with van der Waals surface area (Å²) in [5, 5.41) is 1.37. The molecule has 0 aliphatic heterocycles. The fourth-order valence-corrected chi connectivity index (χ4v) is 2.20. The lowest BCUT2D eigenvalue weighted by Gasteiger charge is -2.20. The monoisotopic (exact) mass is 317 g/mol. The standard InChI is InChI=1S/C17H19NO3S/c1-12(2)17(22)20-10-6-9-18(3)14-11-16(19)21-15-8-5-4-7-13(14)15/h4-5,7-8,11H,1,6,9-10H2,2-3H3. The van der Waals surface area contributed by atoms with E-state index in [1.54, 1.807) is 6.07 Å². The Labute approximate surface area is 135 Å². The highest BCUT2D eigenvalue weighted by Crippen LogP contribution is 2.23. The van der Waals surface area contributed by atoms with Crippen molar-refractivity contribution in [3.63, 3.8) is 0 Å². The summed E-state index contributed by atoms with van der Waals surface area (Å²) in [5.74, 6) is 0. The van der Waals surface area contributed by atoms with Crippen molar-refractivity contribution in [1.82, 2.24) is 0 Å². The summed E-state index contributed by atoms with van der Waals surface area (Å²) < 4.78 is 10.6. The second kappa shape index (κ2) is 7.22. The third kappa shape index (κ3) is 3.95. The zero-order valence-electron chi connectivity index (χ0n) is 12.8. The first-order valence-corrected chi connectivity index (χ1v) is 7.46. The number of ether oxygens (including phenoxy) is 1. The molecule has 1 aromatic heterocycles. The predicted molar refractivity (Wildman–Crippen MR) is 93.7 cm³/mol. The molecule has 0 saturated heterocycles. The number of thiocarbonyl (C=S) groups is 1. The van der Waals surface area contributed by atoms with E-state index in [4.69, 9.17) is 21.4 Å². The predicted octanol–water partition coefficient (Wildman–Crippen LogP) is 3.54. The summed E-state index contributed by atoms with van der Waals surface area (Å²) in [7, 11) is 1.94. The van der Waals surface area contributed by atoms with Crippen molar-refractivity contribution in [2.24, 2.45) is 0 Å². The Morgan fingerprint density at radius 1 is 1.41 bits per heavy atom. The van der Waals surface area contributed by atoms with Crippen LogP contribution in [0.3, 0.4) is 0 Å². The second-order valence-electron chi connectivity index (χ2n) is 5.14. The molecule has 0 saturated carbocycles. The van der Waals surface area contributed by atoms with Crippen molar-refractivity contribution in [2.45, 2.75) is 13.3 Å². The number of benzene rings is 1. The smallest absolute Gasteiger partial charge is 0.338 e.